The van der Waals surface area contributed by atoms with Crippen LogP contribution in [0.25, 0.3) is 0 Å². The van der Waals surface area contributed by atoms with Crippen LogP contribution < -0.4 is 5.73 Å². The largest absolute Gasteiger partial charge is 0.399 e. The molecule has 0 radical (unpaired) electrons. The van der Waals surface area contributed by atoms with Crippen molar-refractivity contribution in [3.05, 3.63) is 29.8 Å². The molecule has 2 rings (SSSR count). The fourth-order valence-electron chi connectivity index (χ4n) is 2.20. The first-order valence-electron chi connectivity index (χ1n) is 5.86. The van der Waals surface area contributed by atoms with Gasteiger partial charge in [-0.25, -0.2) is 0 Å². The highest BCUT2D eigenvalue weighted by Crippen LogP contribution is 2.25. The number of carbonyl (C=O) groups excluding carboxylic acids is 1. The Kier molecular flexibility index (Phi) is 3.62. The molecule has 0 aromatic heterocycles. The summed E-state index contributed by atoms with van der Waals surface area (Å²) < 4.78 is 0. The van der Waals surface area contributed by atoms with Gasteiger partial charge in [0.2, 0.25) is 0 Å². The van der Waals surface area contributed by atoms with Gasteiger partial charge < -0.3 is 10.6 Å². The summed E-state index contributed by atoms with van der Waals surface area (Å²) in [5, 5.41) is 1.01. The Labute approximate surface area is 106 Å². The molecule has 0 bridgehead atoms. The number of rotatable bonds is 1. The molecule has 17 heavy (non-hydrogen) atoms. The molecule has 1 saturated heterocycles. The van der Waals surface area contributed by atoms with E-state index in [0.717, 1.165) is 13.1 Å². The third-order valence-electron chi connectivity index (χ3n) is 2.84. The molecule has 3 nitrogen and oxygen atoms in total. The van der Waals surface area contributed by atoms with Crippen molar-refractivity contribution in [2.24, 2.45) is 0 Å². The second kappa shape index (κ2) is 5.00. The molecule has 1 fully saturated rings. The van der Waals surface area contributed by atoms with E-state index in [-0.39, 0.29) is 5.91 Å². The van der Waals surface area contributed by atoms with Crippen molar-refractivity contribution >= 4 is 23.4 Å². The number of amides is 1. The molecule has 2 unspecified atom stereocenters. The molecule has 1 aliphatic rings. The lowest BCUT2D eigenvalue weighted by atomic mass is 10.1. The van der Waals surface area contributed by atoms with Crippen LogP contribution in [-0.2, 0) is 0 Å². The standard InChI is InChI=1S/C13H18N2OS/c1-9-7-15(8-10(2)17-9)13(16)11-4-3-5-12(14)6-11/h3-6,9-10H,7-8,14H2,1-2H3. The minimum Gasteiger partial charge on any atom is -0.399 e. The second-order valence-electron chi connectivity index (χ2n) is 4.59. The smallest absolute Gasteiger partial charge is 0.254 e. The lowest BCUT2D eigenvalue weighted by Crippen LogP contribution is -2.44. The molecule has 2 N–H and O–H groups in total. The number of thioether (sulfide) groups is 1. The van der Waals surface area contributed by atoms with E-state index in [2.05, 4.69) is 13.8 Å². The summed E-state index contributed by atoms with van der Waals surface area (Å²) >= 11 is 1.94. The number of nitrogens with two attached hydrogens (primary N) is 1. The van der Waals surface area contributed by atoms with E-state index in [0.29, 0.717) is 21.8 Å². The van der Waals surface area contributed by atoms with Crippen LogP contribution >= 0.6 is 11.8 Å². The Hall–Kier alpha value is -1.16. The summed E-state index contributed by atoms with van der Waals surface area (Å²) in [6.07, 6.45) is 0. The highest BCUT2D eigenvalue weighted by molar-refractivity contribution is 8.00. The second-order valence-corrected chi connectivity index (χ2v) is 6.47. The number of nitrogen functional groups attached to an aromatic ring is 1. The van der Waals surface area contributed by atoms with Crippen LogP contribution in [0.5, 0.6) is 0 Å². The number of benzene rings is 1. The Balaban J connectivity index is 2.14. The molecule has 92 valence electrons. The van der Waals surface area contributed by atoms with Crippen LogP contribution in [0.1, 0.15) is 24.2 Å². The van der Waals surface area contributed by atoms with E-state index >= 15 is 0 Å². The number of hydrogen-bond donors (Lipinski definition) is 1. The van der Waals surface area contributed by atoms with Gasteiger partial charge in [0.25, 0.3) is 5.91 Å². The lowest BCUT2D eigenvalue weighted by Gasteiger charge is -2.34. The van der Waals surface area contributed by atoms with E-state index in [4.69, 9.17) is 5.73 Å². The van der Waals surface area contributed by atoms with Crippen LogP contribution in [0.15, 0.2) is 24.3 Å². The zero-order valence-corrected chi connectivity index (χ0v) is 11.0. The minimum atomic E-state index is 0.0938. The summed E-state index contributed by atoms with van der Waals surface area (Å²) in [6.45, 7) is 5.98. The Bertz CT molecular complexity index is 412. The molecule has 0 aliphatic carbocycles. The van der Waals surface area contributed by atoms with Crippen LogP contribution in [0.4, 0.5) is 5.69 Å². The van der Waals surface area contributed by atoms with Gasteiger partial charge in [0, 0.05) is 34.8 Å². The minimum absolute atomic E-state index is 0.0938. The summed E-state index contributed by atoms with van der Waals surface area (Å²) in [4.78, 5) is 14.2. The molecule has 0 saturated carbocycles. The average Bonchev–Trinajstić information content (AvgIpc) is 2.26. The first-order valence-corrected chi connectivity index (χ1v) is 6.81. The maximum Gasteiger partial charge on any atom is 0.254 e. The van der Waals surface area contributed by atoms with Gasteiger partial charge in [-0.3, -0.25) is 4.79 Å². The maximum atomic E-state index is 12.3. The molecule has 1 aromatic rings. The zero-order chi connectivity index (χ0) is 12.4. The number of carbonyl (C=O) groups is 1. The SMILES string of the molecule is CC1CN(C(=O)c2cccc(N)c2)CC(C)S1. The molecule has 1 amide bonds. The van der Waals surface area contributed by atoms with E-state index in [1.807, 2.05) is 28.8 Å². The number of anilines is 1. The molecule has 2 atom stereocenters. The van der Waals surface area contributed by atoms with Crippen molar-refractivity contribution in [1.82, 2.24) is 4.90 Å². The predicted molar refractivity (Wildman–Crippen MR) is 73.3 cm³/mol. The van der Waals surface area contributed by atoms with Crippen molar-refractivity contribution in [2.45, 2.75) is 24.3 Å². The van der Waals surface area contributed by atoms with E-state index in [1.54, 1.807) is 12.1 Å². The number of nitrogens with zero attached hydrogens (tertiary/aromatic N) is 1. The van der Waals surface area contributed by atoms with Gasteiger partial charge in [-0.2, -0.15) is 11.8 Å². The Morgan fingerprint density at radius 3 is 2.59 bits per heavy atom. The fourth-order valence-corrected chi connectivity index (χ4v) is 3.52. The molecule has 4 heteroatoms. The average molecular weight is 250 g/mol. The molecule has 1 aliphatic heterocycles. The van der Waals surface area contributed by atoms with Crippen molar-refractivity contribution in [3.63, 3.8) is 0 Å². The van der Waals surface area contributed by atoms with Crippen molar-refractivity contribution < 1.29 is 4.79 Å². The van der Waals surface area contributed by atoms with Crippen LogP contribution in [0.3, 0.4) is 0 Å². The van der Waals surface area contributed by atoms with Crippen LogP contribution in [0.2, 0.25) is 0 Å². The third-order valence-corrected chi connectivity index (χ3v) is 4.07. The fraction of sp³-hybridized carbons (Fsp3) is 0.462. The van der Waals surface area contributed by atoms with E-state index in [9.17, 15) is 4.79 Å². The summed E-state index contributed by atoms with van der Waals surface area (Å²) in [7, 11) is 0. The van der Waals surface area contributed by atoms with E-state index in [1.165, 1.54) is 0 Å². The Morgan fingerprint density at radius 1 is 1.35 bits per heavy atom. The van der Waals surface area contributed by atoms with Gasteiger partial charge in [0.05, 0.1) is 0 Å². The van der Waals surface area contributed by atoms with E-state index < -0.39 is 0 Å². The monoisotopic (exact) mass is 250 g/mol. The predicted octanol–water partition coefficient (Wildman–Crippen LogP) is 2.23. The molecule has 1 aromatic carbocycles. The molecular formula is C13H18N2OS. The normalized spacial score (nSPS) is 24.7. The van der Waals surface area contributed by atoms with Gasteiger partial charge in [-0.1, -0.05) is 19.9 Å². The highest BCUT2D eigenvalue weighted by Gasteiger charge is 2.26. The summed E-state index contributed by atoms with van der Waals surface area (Å²) in [6, 6.07) is 7.21. The van der Waals surface area contributed by atoms with Crippen LogP contribution in [-0.4, -0.2) is 34.4 Å². The summed E-state index contributed by atoms with van der Waals surface area (Å²) in [5.74, 6) is 0.0938. The first kappa shape index (κ1) is 12.3. The highest BCUT2D eigenvalue weighted by atomic mass is 32.2. The van der Waals surface area contributed by atoms with Gasteiger partial charge in [-0.05, 0) is 18.2 Å². The quantitative estimate of drug-likeness (QED) is 0.777. The molecule has 0 spiro atoms. The van der Waals surface area contributed by atoms with Crippen molar-refractivity contribution in [1.29, 1.82) is 0 Å². The van der Waals surface area contributed by atoms with Gasteiger partial charge in [0.1, 0.15) is 0 Å². The Morgan fingerprint density at radius 2 is 2.00 bits per heavy atom. The van der Waals surface area contributed by atoms with Crippen LogP contribution in [0, 0.1) is 0 Å². The third kappa shape index (κ3) is 2.94. The van der Waals surface area contributed by atoms with Gasteiger partial charge >= 0.3 is 0 Å². The number of hydrogen-bond acceptors (Lipinski definition) is 3. The molecule has 1 heterocycles. The lowest BCUT2D eigenvalue weighted by molar-refractivity contribution is 0.0753. The maximum absolute atomic E-state index is 12.3. The van der Waals surface area contributed by atoms with Gasteiger partial charge in [-0.15, -0.1) is 0 Å². The van der Waals surface area contributed by atoms with Crippen molar-refractivity contribution in [2.75, 3.05) is 18.8 Å². The zero-order valence-electron chi connectivity index (χ0n) is 10.2. The summed E-state index contributed by atoms with van der Waals surface area (Å²) in [5.41, 5.74) is 7.04. The van der Waals surface area contributed by atoms with Crippen molar-refractivity contribution in [3.8, 4) is 0 Å². The topological polar surface area (TPSA) is 46.3 Å². The molecular weight excluding hydrogens is 232 g/mol. The first-order chi connectivity index (χ1) is 8.06. The van der Waals surface area contributed by atoms with Gasteiger partial charge in [0.15, 0.2) is 0 Å².